The van der Waals surface area contributed by atoms with Gasteiger partial charge in [0.1, 0.15) is 24.1 Å². The Morgan fingerprint density at radius 1 is 1.26 bits per heavy atom. The zero-order chi connectivity index (χ0) is 17.1. The number of aromatic nitrogens is 1. The van der Waals surface area contributed by atoms with E-state index < -0.39 is 42.8 Å². The number of nitrogens with one attached hydrogen (secondary N) is 1. The standard InChI is InChI=1S/C13H16N2O8/c1-5-3-2-4-14-10(5)15-13(21)23-12-8(18)6(16)7(17)9(22-12)11(19)20/h2-4,6-9,12,16-18H,1H3,(H,19,20)(H,14,15,21). The second kappa shape index (κ2) is 6.87. The largest absolute Gasteiger partial charge is 0.479 e. The van der Waals surface area contributed by atoms with Crippen LogP contribution in [0.25, 0.3) is 0 Å². The normalized spacial score (nSPS) is 30.5. The van der Waals surface area contributed by atoms with Gasteiger partial charge in [0, 0.05) is 6.20 Å². The van der Waals surface area contributed by atoms with E-state index in [0.717, 1.165) is 0 Å². The summed E-state index contributed by atoms with van der Waals surface area (Å²) in [6.45, 7) is 1.69. The summed E-state index contributed by atoms with van der Waals surface area (Å²) in [4.78, 5) is 26.6. The topological polar surface area (TPSA) is 158 Å². The van der Waals surface area contributed by atoms with E-state index >= 15 is 0 Å². The fraction of sp³-hybridized carbons (Fsp3) is 0.462. The molecule has 0 saturated carbocycles. The Morgan fingerprint density at radius 2 is 1.96 bits per heavy atom. The van der Waals surface area contributed by atoms with Gasteiger partial charge in [0.05, 0.1) is 0 Å². The molecule has 0 bridgehead atoms. The van der Waals surface area contributed by atoms with Crippen LogP contribution in [0, 0.1) is 6.92 Å². The van der Waals surface area contributed by atoms with Gasteiger partial charge in [-0.05, 0) is 18.6 Å². The van der Waals surface area contributed by atoms with Crippen molar-refractivity contribution in [2.75, 3.05) is 5.32 Å². The molecule has 10 nitrogen and oxygen atoms in total. The van der Waals surface area contributed by atoms with Gasteiger partial charge >= 0.3 is 12.1 Å². The van der Waals surface area contributed by atoms with Gasteiger partial charge in [-0.25, -0.2) is 14.6 Å². The van der Waals surface area contributed by atoms with E-state index in [4.69, 9.17) is 14.6 Å². The second-order valence-corrected chi connectivity index (χ2v) is 4.93. The maximum Gasteiger partial charge on any atom is 0.415 e. The van der Waals surface area contributed by atoms with E-state index in [2.05, 4.69) is 10.3 Å². The molecule has 5 unspecified atom stereocenters. The van der Waals surface area contributed by atoms with E-state index in [9.17, 15) is 24.9 Å². The lowest BCUT2D eigenvalue weighted by molar-refractivity contribution is -0.277. The van der Waals surface area contributed by atoms with E-state index in [-0.39, 0.29) is 5.82 Å². The lowest BCUT2D eigenvalue weighted by atomic mass is 9.99. The number of carboxylic acid groups (broad SMARTS) is 1. The number of aliphatic carboxylic acids is 1. The van der Waals surface area contributed by atoms with Crippen LogP contribution >= 0.6 is 0 Å². The zero-order valence-corrected chi connectivity index (χ0v) is 12.0. The fourth-order valence-corrected chi connectivity index (χ4v) is 2.00. The summed E-state index contributed by atoms with van der Waals surface area (Å²) in [5.74, 6) is -1.36. The van der Waals surface area contributed by atoms with Crippen LogP contribution in [-0.2, 0) is 14.3 Å². The summed E-state index contributed by atoms with van der Waals surface area (Å²) in [6.07, 6.45) is -8.75. The first kappa shape index (κ1) is 17.1. The number of carbonyl (C=O) groups excluding carboxylic acids is 1. The van der Waals surface area contributed by atoms with Crippen molar-refractivity contribution in [1.82, 2.24) is 4.98 Å². The average molecular weight is 328 g/mol. The summed E-state index contributed by atoms with van der Waals surface area (Å²) >= 11 is 0. The lowest BCUT2D eigenvalue weighted by Gasteiger charge is -2.37. The summed E-state index contributed by atoms with van der Waals surface area (Å²) in [7, 11) is 0. The number of aryl methyl sites for hydroxylation is 1. The Balaban J connectivity index is 2.04. The highest BCUT2D eigenvalue weighted by Gasteiger charge is 2.48. The molecular weight excluding hydrogens is 312 g/mol. The fourth-order valence-electron chi connectivity index (χ4n) is 2.00. The van der Waals surface area contributed by atoms with Crippen molar-refractivity contribution in [2.24, 2.45) is 0 Å². The Labute approximate surface area is 130 Å². The van der Waals surface area contributed by atoms with Crippen LogP contribution < -0.4 is 5.32 Å². The van der Waals surface area contributed by atoms with Crippen molar-refractivity contribution >= 4 is 17.9 Å². The van der Waals surface area contributed by atoms with E-state index in [1.807, 2.05) is 0 Å². The van der Waals surface area contributed by atoms with Crippen LogP contribution in [0.15, 0.2) is 18.3 Å². The van der Waals surface area contributed by atoms with Crippen molar-refractivity contribution in [3.05, 3.63) is 23.9 Å². The molecule has 2 rings (SSSR count). The van der Waals surface area contributed by atoms with E-state index in [1.165, 1.54) is 6.20 Å². The number of aliphatic hydroxyl groups is 3. The molecule has 1 aromatic rings. The molecule has 2 heterocycles. The molecule has 126 valence electrons. The number of hydrogen-bond acceptors (Lipinski definition) is 8. The van der Waals surface area contributed by atoms with Crippen molar-refractivity contribution < 1.29 is 39.5 Å². The Bertz CT molecular complexity index is 595. The number of carbonyl (C=O) groups is 2. The molecule has 1 amide bonds. The summed E-state index contributed by atoms with van der Waals surface area (Å²) < 4.78 is 9.58. The smallest absolute Gasteiger partial charge is 0.415 e. The molecule has 5 N–H and O–H groups in total. The van der Waals surface area contributed by atoms with Crippen molar-refractivity contribution in [1.29, 1.82) is 0 Å². The first-order valence-corrected chi connectivity index (χ1v) is 6.63. The molecule has 1 fully saturated rings. The summed E-state index contributed by atoms with van der Waals surface area (Å²) in [6, 6.07) is 3.35. The van der Waals surface area contributed by atoms with Gasteiger partial charge in [-0.15, -0.1) is 0 Å². The molecule has 1 aliphatic rings. The number of aliphatic hydroxyl groups excluding tert-OH is 3. The van der Waals surface area contributed by atoms with Crippen molar-refractivity contribution in [3.8, 4) is 0 Å². The third kappa shape index (κ3) is 3.74. The van der Waals surface area contributed by atoms with Crippen LogP contribution in [0.1, 0.15) is 5.56 Å². The van der Waals surface area contributed by atoms with Crippen LogP contribution in [0.4, 0.5) is 10.6 Å². The molecule has 5 atom stereocenters. The number of amides is 1. The highest BCUT2D eigenvalue weighted by atomic mass is 16.7. The number of hydrogen-bond donors (Lipinski definition) is 5. The van der Waals surface area contributed by atoms with Gasteiger partial charge in [-0.2, -0.15) is 0 Å². The van der Waals surface area contributed by atoms with Crippen LogP contribution in [0.3, 0.4) is 0 Å². The highest BCUT2D eigenvalue weighted by molar-refractivity contribution is 5.84. The maximum absolute atomic E-state index is 11.8. The Hall–Kier alpha value is -2.27. The van der Waals surface area contributed by atoms with Gasteiger partial charge in [0.2, 0.25) is 6.29 Å². The Kier molecular flexibility index (Phi) is 5.11. The predicted octanol–water partition coefficient (Wildman–Crippen LogP) is -1.17. The minimum atomic E-state index is -1.86. The minimum absolute atomic E-state index is 0.207. The quantitative estimate of drug-likeness (QED) is 0.461. The third-order valence-electron chi connectivity index (χ3n) is 3.27. The van der Waals surface area contributed by atoms with Crippen LogP contribution in [0.5, 0.6) is 0 Å². The highest BCUT2D eigenvalue weighted by Crippen LogP contribution is 2.23. The van der Waals surface area contributed by atoms with Crippen molar-refractivity contribution in [2.45, 2.75) is 37.6 Å². The first-order chi connectivity index (χ1) is 10.8. The number of pyridine rings is 1. The number of nitrogens with zero attached hydrogens (tertiary/aromatic N) is 1. The monoisotopic (exact) mass is 328 g/mol. The summed E-state index contributed by atoms with van der Waals surface area (Å²) in [5, 5.41) is 40.0. The SMILES string of the molecule is Cc1cccnc1NC(=O)OC1OC(C(=O)O)C(O)C(O)C1O. The predicted molar refractivity (Wildman–Crippen MR) is 73.4 cm³/mol. The molecule has 0 spiro atoms. The zero-order valence-electron chi connectivity index (χ0n) is 12.0. The number of rotatable bonds is 3. The maximum atomic E-state index is 11.8. The lowest BCUT2D eigenvalue weighted by Crippen LogP contribution is -2.60. The molecule has 10 heteroatoms. The molecule has 0 aromatic carbocycles. The van der Waals surface area contributed by atoms with Gasteiger partial charge in [-0.3, -0.25) is 5.32 Å². The van der Waals surface area contributed by atoms with Crippen LogP contribution in [0.2, 0.25) is 0 Å². The van der Waals surface area contributed by atoms with Gasteiger partial charge in [0.25, 0.3) is 0 Å². The molecule has 1 aliphatic heterocycles. The number of anilines is 1. The minimum Gasteiger partial charge on any atom is -0.479 e. The first-order valence-electron chi connectivity index (χ1n) is 6.63. The van der Waals surface area contributed by atoms with Crippen LogP contribution in [-0.4, -0.2) is 68.2 Å². The molecule has 1 saturated heterocycles. The number of carboxylic acids is 1. The van der Waals surface area contributed by atoms with E-state index in [1.54, 1.807) is 19.1 Å². The molecule has 0 aliphatic carbocycles. The number of ether oxygens (including phenoxy) is 2. The molecule has 23 heavy (non-hydrogen) atoms. The molecule has 0 radical (unpaired) electrons. The second-order valence-electron chi connectivity index (χ2n) is 4.93. The van der Waals surface area contributed by atoms with Gasteiger partial charge in [-0.1, -0.05) is 6.07 Å². The Morgan fingerprint density at radius 3 is 2.57 bits per heavy atom. The molecule has 1 aromatic heterocycles. The summed E-state index contributed by atoms with van der Waals surface area (Å²) in [5.41, 5.74) is 0.647. The molecular formula is C13H16N2O8. The van der Waals surface area contributed by atoms with Gasteiger partial charge in [0.15, 0.2) is 6.10 Å². The average Bonchev–Trinajstić information content (AvgIpc) is 2.50. The van der Waals surface area contributed by atoms with E-state index in [0.29, 0.717) is 5.56 Å². The third-order valence-corrected chi connectivity index (χ3v) is 3.27. The van der Waals surface area contributed by atoms with Crippen molar-refractivity contribution in [3.63, 3.8) is 0 Å². The van der Waals surface area contributed by atoms with Gasteiger partial charge < -0.3 is 29.9 Å².